The molecule has 7 heteroatoms. The van der Waals surface area contributed by atoms with Crippen molar-refractivity contribution in [3.8, 4) is 0 Å². The molecule has 0 atom stereocenters. The van der Waals surface area contributed by atoms with Crippen LogP contribution in [0.25, 0.3) is 0 Å². The van der Waals surface area contributed by atoms with Crippen LogP contribution in [-0.4, -0.2) is 51.6 Å². The molecule has 2 aromatic rings. The van der Waals surface area contributed by atoms with Gasteiger partial charge in [0.25, 0.3) is 0 Å². The van der Waals surface area contributed by atoms with Crippen molar-refractivity contribution in [1.29, 1.82) is 0 Å². The molecule has 0 unspecified atom stereocenters. The smallest absolute Gasteiger partial charge is 0.213 e. The van der Waals surface area contributed by atoms with Gasteiger partial charge in [-0.2, -0.15) is 10.2 Å². The van der Waals surface area contributed by atoms with Gasteiger partial charge in [0.05, 0.1) is 11.9 Å². The fourth-order valence-corrected chi connectivity index (χ4v) is 5.44. The van der Waals surface area contributed by atoms with E-state index in [4.69, 9.17) is 16.7 Å². The van der Waals surface area contributed by atoms with Gasteiger partial charge >= 0.3 is 0 Å². The van der Waals surface area contributed by atoms with Gasteiger partial charge in [0, 0.05) is 5.02 Å². The first-order valence-electron chi connectivity index (χ1n) is 9.73. The summed E-state index contributed by atoms with van der Waals surface area (Å²) in [5.74, 6) is -0.267. The maximum atomic E-state index is 13.4. The third kappa shape index (κ3) is 3.37. The Kier molecular flexibility index (Phi) is 4.51. The third-order valence-corrected chi connectivity index (χ3v) is 6.35. The molecular weight excluding hydrogens is 377 g/mol. The Labute approximate surface area is 168 Å². The lowest BCUT2D eigenvalue weighted by molar-refractivity contribution is -1.30. The molecule has 4 heterocycles. The molecule has 4 fully saturated rings. The predicted octanol–water partition coefficient (Wildman–Crippen LogP) is -1.14. The van der Waals surface area contributed by atoms with Gasteiger partial charge in [-0.05, 0) is 35.4 Å². The second-order valence-corrected chi connectivity index (χ2v) is 8.78. The molecule has 5 nitrogen and oxygen atoms in total. The summed E-state index contributed by atoms with van der Waals surface area (Å²) in [6.07, 6.45) is 1.63. The second-order valence-electron chi connectivity index (χ2n) is 8.35. The van der Waals surface area contributed by atoms with Crippen LogP contribution in [0.4, 0.5) is 4.39 Å². The van der Waals surface area contributed by atoms with E-state index in [1.165, 1.54) is 32.1 Å². The molecule has 144 valence electrons. The Balaban J connectivity index is 1.53. The lowest BCUT2D eigenvalue weighted by Crippen LogP contribution is -3.56. The molecule has 4 saturated heterocycles. The van der Waals surface area contributed by atoms with E-state index in [0.717, 1.165) is 35.9 Å². The van der Waals surface area contributed by atoms with E-state index in [0.29, 0.717) is 5.56 Å². The summed E-state index contributed by atoms with van der Waals surface area (Å²) in [5.41, 5.74) is 2.83. The number of quaternary nitrogens is 3. The summed E-state index contributed by atoms with van der Waals surface area (Å²) >= 11 is 6.12. The summed E-state index contributed by atoms with van der Waals surface area (Å²) in [6.45, 7) is 6.88. The van der Waals surface area contributed by atoms with Crippen molar-refractivity contribution in [3.63, 3.8) is 0 Å². The molecule has 0 amide bonds. The van der Waals surface area contributed by atoms with Gasteiger partial charge in [0.15, 0.2) is 5.41 Å². The number of nitrogens with one attached hydrogen (secondary N) is 3. The molecular formula is C21H24ClFN5+3. The number of benzene rings is 2. The van der Waals surface area contributed by atoms with E-state index >= 15 is 0 Å². The van der Waals surface area contributed by atoms with Crippen LogP contribution in [0.5, 0.6) is 0 Å². The standard InChI is InChI=1S/C21H21ClFN5/c22-18-6-4-17(5-7-18)20(25-24-9-16-2-1-3-19(23)8-16)21-10-26-13-27(11-21)15-28(12-21)14-26/h1-9H,10-15H2/p+3/b24-9-,25-20+. The molecule has 4 aliphatic rings. The van der Waals surface area contributed by atoms with Crippen molar-refractivity contribution in [2.24, 2.45) is 15.6 Å². The Morgan fingerprint density at radius 1 is 0.964 bits per heavy atom. The first-order chi connectivity index (χ1) is 13.6. The minimum atomic E-state index is -0.267. The number of nitrogens with zero attached hydrogens (tertiary/aromatic N) is 2. The highest BCUT2D eigenvalue weighted by molar-refractivity contribution is 6.30. The van der Waals surface area contributed by atoms with Gasteiger partial charge in [0.1, 0.15) is 25.5 Å². The minimum Gasteiger partial charge on any atom is -0.241 e. The fraction of sp³-hybridized carbons (Fsp3) is 0.333. The quantitative estimate of drug-likeness (QED) is 0.429. The van der Waals surface area contributed by atoms with Crippen LogP contribution >= 0.6 is 11.6 Å². The highest BCUT2D eigenvalue weighted by Crippen LogP contribution is 2.24. The van der Waals surface area contributed by atoms with Crippen LogP contribution in [0.2, 0.25) is 5.02 Å². The van der Waals surface area contributed by atoms with Crippen molar-refractivity contribution in [1.82, 2.24) is 0 Å². The van der Waals surface area contributed by atoms with Crippen molar-refractivity contribution in [2.75, 3.05) is 39.6 Å². The molecule has 3 N–H and O–H groups in total. The summed E-state index contributed by atoms with van der Waals surface area (Å²) < 4.78 is 13.4. The molecule has 0 saturated carbocycles. The van der Waals surface area contributed by atoms with E-state index in [2.05, 4.69) is 5.10 Å². The van der Waals surface area contributed by atoms with E-state index in [1.807, 2.05) is 30.3 Å². The van der Waals surface area contributed by atoms with Crippen LogP contribution in [0.15, 0.2) is 58.7 Å². The highest BCUT2D eigenvalue weighted by Gasteiger charge is 2.60. The van der Waals surface area contributed by atoms with Crippen LogP contribution in [-0.2, 0) is 0 Å². The average molecular weight is 401 g/mol. The maximum absolute atomic E-state index is 13.4. The molecule has 2 aromatic carbocycles. The van der Waals surface area contributed by atoms with Crippen molar-refractivity contribution >= 4 is 23.5 Å². The highest BCUT2D eigenvalue weighted by atomic mass is 35.5. The molecule has 4 bridgehead atoms. The van der Waals surface area contributed by atoms with Crippen LogP contribution in [0.3, 0.4) is 0 Å². The second kappa shape index (κ2) is 7.04. The lowest BCUT2D eigenvalue weighted by Gasteiger charge is -2.52. The first kappa shape index (κ1) is 17.9. The minimum absolute atomic E-state index is 0.0157. The van der Waals surface area contributed by atoms with Gasteiger partial charge in [-0.15, -0.1) is 0 Å². The van der Waals surface area contributed by atoms with E-state index in [9.17, 15) is 4.39 Å². The zero-order chi connectivity index (χ0) is 19.1. The SMILES string of the molecule is Fc1cccc(/C=N\N=C(/c2ccc(Cl)cc2)C23C[NH+]4C[NH+](C[NH+](C4)C2)C3)c1. The van der Waals surface area contributed by atoms with Gasteiger partial charge in [-0.25, -0.2) is 19.1 Å². The predicted molar refractivity (Wildman–Crippen MR) is 107 cm³/mol. The summed E-state index contributed by atoms with van der Waals surface area (Å²) in [4.78, 5) is 4.93. The monoisotopic (exact) mass is 400 g/mol. The van der Waals surface area contributed by atoms with E-state index in [1.54, 1.807) is 27.0 Å². The number of hydrogen-bond donors (Lipinski definition) is 3. The van der Waals surface area contributed by atoms with Crippen molar-refractivity contribution in [2.45, 2.75) is 0 Å². The Morgan fingerprint density at radius 2 is 1.61 bits per heavy atom. The molecule has 4 aliphatic heterocycles. The first-order valence-corrected chi connectivity index (χ1v) is 10.1. The topological polar surface area (TPSA) is 38.0 Å². The van der Waals surface area contributed by atoms with Crippen LogP contribution < -0.4 is 14.7 Å². The normalized spacial score (nSPS) is 31.6. The molecule has 0 radical (unpaired) electrons. The van der Waals surface area contributed by atoms with Crippen LogP contribution in [0.1, 0.15) is 11.1 Å². The summed E-state index contributed by atoms with van der Waals surface area (Å²) in [6, 6.07) is 14.3. The Morgan fingerprint density at radius 3 is 2.21 bits per heavy atom. The summed E-state index contributed by atoms with van der Waals surface area (Å²) in [7, 11) is 0. The van der Waals surface area contributed by atoms with Crippen molar-refractivity contribution < 1.29 is 19.1 Å². The lowest BCUT2D eigenvalue weighted by atomic mass is 9.74. The Hall–Kier alpha value is -2.12. The molecule has 0 aliphatic carbocycles. The third-order valence-electron chi connectivity index (χ3n) is 6.10. The fourth-order valence-electron chi connectivity index (χ4n) is 5.32. The van der Waals surface area contributed by atoms with Crippen LogP contribution in [0, 0.1) is 11.2 Å². The van der Waals surface area contributed by atoms with Gasteiger partial charge in [0.2, 0.25) is 20.0 Å². The number of hydrogen-bond acceptors (Lipinski definition) is 2. The molecule has 0 spiro atoms. The van der Waals surface area contributed by atoms with Crippen molar-refractivity contribution in [3.05, 3.63) is 70.5 Å². The van der Waals surface area contributed by atoms with E-state index in [-0.39, 0.29) is 11.2 Å². The van der Waals surface area contributed by atoms with Gasteiger partial charge in [-0.1, -0.05) is 35.9 Å². The summed E-state index contributed by atoms with van der Waals surface area (Å²) in [5, 5.41) is 9.81. The largest absolute Gasteiger partial charge is 0.241 e. The molecule has 6 rings (SSSR count). The average Bonchev–Trinajstić information content (AvgIpc) is 2.65. The zero-order valence-electron chi connectivity index (χ0n) is 15.6. The maximum Gasteiger partial charge on any atom is 0.213 e. The van der Waals surface area contributed by atoms with Gasteiger partial charge < -0.3 is 0 Å². The Bertz CT molecular complexity index is 905. The van der Waals surface area contributed by atoms with Gasteiger partial charge in [-0.3, -0.25) is 0 Å². The number of halogens is 2. The molecule has 0 aromatic heterocycles. The number of rotatable bonds is 4. The zero-order valence-corrected chi connectivity index (χ0v) is 16.3. The van der Waals surface area contributed by atoms with E-state index < -0.39 is 0 Å². The molecule has 28 heavy (non-hydrogen) atoms.